The zero-order valence-corrected chi connectivity index (χ0v) is 21.4. The van der Waals surface area contributed by atoms with Crippen LogP contribution in [-0.2, 0) is 27.7 Å². The lowest BCUT2D eigenvalue weighted by Gasteiger charge is -2.35. The van der Waals surface area contributed by atoms with Gasteiger partial charge in [0, 0.05) is 49.8 Å². The molecule has 0 N–H and O–H groups in total. The number of fused-ring (bicyclic) bond motifs is 2. The quantitative estimate of drug-likeness (QED) is 0.351. The van der Waals surface area contributed by atoms with Crippen molar-refractivity contribution in [1.29, 1.82) is 0 Å². The minimum Gasteiger partial charge on any atom is -0.454 e. The second-order valence-electron chi connectivity index (χ2n) is 9.44. The molecule has 1 aromatic heterocycles. The molecule has 8 nitrogen and oxygen atoms in total. The molecule has 196 valence electrons. The third kappa shape index (κ3) is 4.61. The van der Waals surface area contributed by atoms with Gasteiger partial charge in [0.2, 0.25) is 22.5 Å². The van der Waals surface area contributed by atoms with Gasteiger partial charge in [0.15, 0.2) is 11.5 Å². The maximum atomic E-state index is 13.4. The minimum atomic E-state index is -3.90. The fraction of sp³-hybridized carbons (Fsp3) is 0.250. The Hall–Kier alpha value is -3.89. The molecule has 0 unspecified atom stereocenters. The zero-order chi connectivity index (χ0) is 26.3. The van der Waals surface area contributed by atoms with Crippen molar-refractivity contribution in [3.63, 3.8) is 0 Å². The van der Waals surface area contributed by atoms with E-state index in [0.717, 1.165) is 48.8 Å². The third-order valence-corrected chi connectivity index (χ3v) is 8.84. The highest BCUT2D eigenvalue weighted by Crippen LogP contribution is 2.33. The Morgan fingerprint density at radius 1 is 0.895 bits per heavy atom. The van der Waals surface area contributed by atoms with Crippen molar-refractivity contribution in [2.24, 2.45) is 0 Å². The van der Waals surface area contributed by atoms with E-state index in [1.807, 2.05) is 29.2 Å². The number of nitrogens with zero attached hydrogens (tertiary/aromatic N) is 3. The summed E-state index contributed by atoms with van der Waals surface area (Å²) < 4.78 is 52.6. The number of benzene rings is 3. The maximum absolute atomic E-state index is 13.4. The van der Waals surface area contributed by atoms with Gasteiger partial charge >= 0.3 is 0 Å². The third-order valence-electron chi connectivity index (χ3n) is 7.04. The first-order valence-electron chi connectivity index (χ1n) is 12.4. The minimum absolute atomic E-state index is 0.00621. The van der Waals surface area contributed by atoms with E-state index in [1.54, 1.807) is 22.8 Å². The Labute approximate surface area is 219 Å². The van der Waals surface area contributed by atoms with Gasteiger partial charge in [-0.15, -0.1) is 0 Å². The number of hydrogen-bond acceptors (Lipinski definition) is 6. The van der Waals surface area contributed by atoms with E-state index in [-0.39, 0.29) is 29.0 Å². The van der Waals surface area contributed by atoms with Crippen LogP contribution >= 0.6 is 0 Å². The van der Waals surface area contributed by atoms with Gasteiger partial charge in [-0.05, 0) is 48.0 Å². The van der Waals surface area contributed by atoms with Crippen LogP contribution in [0, 0.1) is 5.82 Å². The van der Waals surface area contributed by atoms with E-state index in [4.69, 9.17) is 9.47 Å². The van der Waals surface area contributed by atoms with E-state index in [0.29, 0.717) is 24.0 Å². The van der Waals surface area contributed by atoms with Crippen molar-refractivity contribution in [2.75, 3.05) is 33.0 Å². The maximum Gasteiger partial charge on any atom is 0.242 e. The fourth-order valence-corrected chi connectivity index (χ4v) is 6.47. The molecule has 1 amide bonds. The number of sulfone groups is 1. The summed E-state index contributed by atoms with van der Waals surface area (Å²) in [7, 11) is -3.90. The second-order valence-corrected chi connectivity index (χ2v) is 11.4. The lowest BCUT2D eigenvalue weighted by atomic mass is 10.1. The molecule has 1 fully saturated rings. The number of para-hydroxylation sites is 1. The van der Waals surface area contributed by atoms with E-state index in [9.17, 15) is 17.6 Å². The number of halogens is 1. The summed E-state index contributed by atoms with van der Waals surface area (Å²) in [5.74, 6) is 0.943. The van der Waals surface area contributed by atoms with Crippen molar-refractivity contribution < 1.29 is 27.1 Å². The van der Waals surface area contributed by atoms with Crippen molar-refractivity contribution in [3.05, 3.63) is 84.3 Å². The van der Waals surface area contributed by atoms with Crippen LogP contribution in [0.2, 0.25) is 0 Å². The van der Waals surface area contributed by atoms with Crippen molar-refractivity contribution in [2.45, 2.75) is 22.9 Å². The molecule has 2 aliphatic rings. The smallest absolute Gasteiger partial charge is 0.242 e. The molecule has 10 heteroatoms. The summed E-state index contributed by atoms with van der Waals surface area (Å²) in [5, 5.41) is 0.526. The molecule has 0 saturated carbocycles. The molecule has 0 atom stereocenters. The molecule has 0 aliphatic carbocycles. The monoisotopic (exact) mass is 535 g/mol. The van der Waals surface area contributed by atoms with E-state index >= 15 is 0 Å². The highest BCUT2D eigenvalue weighted by Gasteiger charge is 2.26. The molecule has 6 rings (SSSR count). The zero-order valence-electron chi connectivity index (χ0n) is 20.5. The molecule has 3 heterocycles. The largest absolute Gasteiger partial charge is 0.454 e. The summed E-state index contributed by atoms with van der Waals surface area (Å²) in [5.41, 5.74) is 1.78. The lowest BCUT2D eigenvalue weighted by molar-refractivity contribution is -0.133. The van der Waals surface area contributed by atoms with E-state index in [1.165, 1.54) is 18.3 Å². The summed E-state index contributed by atoms with van der Waals surface area (Å²) in [6.07, 6.45) is 1.51. The number of piperazine rings is 1. The average molecular weight is 536 g/mol. The number of rotatable bonds is 6. The summed E-state index contributed by atoms with van der Waals surface area (Å²) in [6.45, 7) is 3.67. The Kier molecular flexibility index (Phi) is 6.29. The van der Waals surface area contributed by atoms with Crippen LogP contribution in [-0.4, -0.2) is 61.7 Å². The number of ether oxygens (including phenoxy) is 2. The normalized spacial score (nSPS) is 15.8. The Balaban J connectivity index is 1.15. The molecule has 4 aromatic rings. The van der Waals surface area contributed by atoms with Crippen LogP contribution in [0.4, 0.5) is 4.39 Å². The number of hydrogen-bond donors (Lipinski definition) is 0. The predicted octanol–water partition coefficient (Wildman–Crippen LogP) is 3.69. The van der Waals surface area contributed by atoms with Crippen molar-refractivity contribution >= 4 is 26.6 Å². The molecule has 1 saturated heterocycles. The molecule has 0 radical (unpaired) electrons. The Morgan fingerprint density at radius 3 is 2.42 bits per heavy atom. The first-order chi connectivity index (χ1) is 18.4. The van der Waals surface area contributed by atoms with Crippen LogP contribution in [0.15, 0.2) is 82.7 Å². The highest BCUT2D eigenvalue weighted by molar-refractivity contribution is 7.91. The fourth-order valence-electron chi connectivity index (χ4n) is 5.00. The first-order valence-corrected chi connectivity index (χ1v) is 13.8. The van der Waals surface area contributed by atoms with Crippen LogP contribution < -0.4 is 9.47 Å². The standard InChI is InChI=1S/C28H26FN3O5S/c29-21-6-8-22(9-7-21)38(34,35)27-17-32(24-4-2-1-3-23(24)27)18-28(33)31-13-11-30(12-14-31)16-20-5-10-25-26(15-20)37-19-36-25/h1-10,15,17H,11-14,16,18-19H2. The summed E-state index contributed by atoms with van der Waals surface area (Å²) in [6, 6.07) is 17.8. The molecule has 2 aliphatic heterocycles. The van der Waals surface area contributed by atoms with Gasteiger partial charge in [0.1, 0.15) is 12.4 Å². The predicted molar refractivity (Wildman–Crippen MR) is 138 cm³/mol. The average Bonchev–Trinajstić information content (AvgIpc) is 3.54. The SMILES string of the molecule is O=C(Cn1cc(S(=O)(=O)c2ccc(F)cc2)c2ccccc21)N1CCN(Cc2ccc3c(c2)OCO3)CC1. The van der Waals surface area contributed by atoms with Crippen LogP contribution in [0.5, 0.6) is 11.5 Å². The lowest BCUT2D eigenvalue weighted by Crippen LogP contribution is -2.49. The van der Waals surface area contributed by atoms with Gasteiger partial charge < -0.3 is 18.9 Å². The van der Waals surface area contributed by atoms with Crippen LogP contribution in [0.1, 0.15) is 5.56 Å². The number of carbonyl (C=O) groups excluding carboxylic acids is 1. The van der Waals surface area contributed by atoms with E-state index in [2.05, 4.69) is 4.90 Å². The van der Waals surface area contributed by atoms with Gasteiger partial charge in [-0.1, -0.05) is 24.3 Å². The number of carbonyl (C=O) groups is 1. The topological polar surface area (TPSA) is 81.1 Å². The van der Waals surface area contributed by atoms with Crippen molar-refractivity contribution in [3.8, 4) is 11.5 Å². The molecular formula is C28H26FN3O5S. The first kappa shape index (κ1) is 24.4. The summed E-state index contributed by atoms with van der Waals surface area (Å²) in [4.78, 5) is 17.4. The Bertz CT molecular complexity index is 1610. The van der Waals surface area contributed by atoms with Gasteiger partial charge in [0.25, 0.3) is 0 Å². The van der Waals surface area contributed by atoms with E-state index < -0.39 is 15.7 Å². The van der Waals surface area contributed by atoms with Gasteiger partial charge in [-0.25, -0.2) is 12.8 Å². The molecule has 0 spiro atoms. The molecular weight excluding hydrogens is 509 g/mol. The molecule has 3 aromatic carbocycles. The highest BCUT2D eigenvalue weighted by atomic mass is 32.2. The van der Waals surface area contributed by atoms with Gasteiger partial charge in [-0.3, -0.25) is 9.69 Å². The van der Waals surface area contributed by atoms with Crippen LogP contribution in [0.25, 0.3) is 10.9 Å². The van der Waals surface area contributed by atoms with Crippen LogP contribution in [0.3, 0.4) is 0 Å². The molecule has 0 bridgehead atoms. The van der Waals surface area contributed by atoms with Gasteiger partial charge in [0.05, 0.1) is 9.79 Å². The molecule has 38 heavy (non-hydrogen) atoms. The van der Waals surface area contributed by atoms with Crippen molar-refractivity contribution in [1.82, 2.24) is 14.4 Å². The Morgan fingerprint density at radius 2 is 1.63 bits per heavy atom. The number of amides is 1. The second kappa shape index (κ2) is 9.77. The number of aromatic nitrogens is 1. The summed E-state index contributed by atoms with van der Waals surface area (Å²) >= 11 is 0. The van der Waals surface area contributed by atoms with Gasteiger partial charge in [-0.2, -0.15) is 0 Å².